The van der Waals surface area contributed by atoms with Gasteiger partial charge in [-0.25, -0.2) is 4.79 Å². The van der Waals surface area contributed by atoms with Gasteiger partial charge in [-0.05, 0) is 93.0 Å². The van der Waals surface area contributed by atoms with Crippen molar-refractivity contribution in [2.24, 2.45) is 34.5 Å². The summed E-state index contributed by atoms with van der Waals surface area (Å²) in [6, 6.07) is 0. The Bertz CT molecular complexity index is 985. The van der Waals surface area contributed by atoms with Crippen molar-refractivity contribution in [3.05, 3.63) is 11.6 Å². The lowest BCUT2D eigenvalue weighted by Crippen LogP contribution is -2.66. The van der Waals surface area contributed by atoms with Crippen LogP contribution in [0.2, 0.25) is 0 Å². The van der Waals surface area contributed by atoms with Gasteiger partial charge in [-0.15, -0.1) is 0 Å². The number of carbonyl (C=O) groups is 1. The molecule has 38 heavy (non-hydrogen) atoms. The van der Waals surface area contributed by atoms with E-state index in [1.165, 1.54) is 0 Å². The molecule has 4 aliphatic carbocycles. The van der Waals surface area contributed by atoms with Crippen molar-refractivity contribution in [1.82, 2.24) is 0 Å². The zero-order chi connectivity index (χ0) is 27.2. The summed E-state index contributed by atoms with van der Waals surface area (Å²) < 4.78 is 17.1. The maximum atomic E-state index is 12.4. The van der Waals surface area contributed by atoms with Crippen molar-refractivity contribution in [2.45, 2.75) is 121 Å². The van der Waals surface area contributed by atoms with E-state index in [2.05, 4.69) is 13.8 Å². The predicted octanol–water partition coefficient (Wildman–Crippen LogP) is 1.43. The lowest BCUT2D eigenvalue weighted by Gasteiger charge is -2.65. The first-order valence-electron chi connectivity index (χ1n) is 14.5. The Kier molecular flexibility index (Phi) is 6.58. The van der Waals surface area contributed by atoms with Gasteiger partial charge in [0.1, 0.15) is 24.9 Å². The smallest absolute Gasteiger partial charge is 0.331 e. The highest BCUT2D eigenvalue weighted by Gasteiger charge is 2.70. The number of aliphatic hydroxyl groups excluding tert-OH is 4. The molecule has 0 bridgehead atoms. The minimum Gasteiger partial charge on any atom is -0.458 e. The third-order valence-corrected chi connectivity index (χ3v) is 12.0. The average molecular weight is 537 g/mol. The normalized spacial score (nSPS) is 56.5. The third-order valence-electron chi connectivity index (χ3n) is 12.0. The number of fused-ring (bicyclic) bond motifs is 5. The van der Waals surface area contributed by atoms with Crippen LogP contribution in [-0.4, -0.2) is 86.6 Å². The minimum absolute atomic E-state index is 0.0143. The summed E-state index contributed by atoms with van der Waals surface area (Å²) in [5, 5.41) is 54.7. The van der Waals surface area contributed by atoms with Crippen LogP contribution in [0.5, 0.6) is 0 Å². The van der Waals surface area contributed by atoms with E-state index >= 15 is 0 Å². The van der Waals surface area contributed by atoms with E-state index in [1.54, 1.807) is 13.0 Å². The van der Waals surface area contributed by atoms with Crippen LogP contribution in [-0.2, 0) is 19.0 Å². The monoisotopic (exact) mass is 536 g/mol. The van der Waals surface area contributed by atoms with Crippen molar-refractivity contribution < 1.29 is 44.5 Å². The molecule has 2 heterocycles. The summed E-state index contributed by atoms with van der Waals surface area (Å²) in [6.07, 6.45) is 1.49. The summed E-state index contributed by atoms with van der Waals surface area (Å²) in [4.78, 5) is 11.8. The summed E-state index contributed by atoms with van der Waals surface area (Å²) in [7, 11) is 0. The van der Waals surface area contributed by atoms with Crippen molar-refractivity contribution in [2.75, 3.05) is 6.61 Å². The highest BCUT2D eigenvalue weighted by molar-refractivity contribution is 5.85. The zero-order valence-electron chi connectivity index (χ0n) is 22.7. The Morgan fingerprint density at radius 1 is 1.00 bits per heavy atom. The molecular formula is C29H44O9. The maximum absolute atomic E-state index is 12.4. The van der Waals surface area contributed by atoms with Gasteiger partial charge in [0.05, 0.1) is 23.9 Å². The van der Waals surface area contributed by atoms with Crippen molar-refractivity contribution in [3.8, 4) is 0 Å². The minimum atomic E-state index is -1.32. The van der Waals surface area contributed by atoms with Gasteiger partial charge >= 0.3 is 5.97 Å². The van der Waals surface area contributed by atoms with Gasteiger partial charge in [0.15, 0.2) is 6.29 Å². The quantitative estimate of drug-likeness (QED) is 0.267. The highest BCUT2D eigenvalue weighted by Crippen LogP contribution is 2.70. The third kappa shape index (κ3) is 3.80. The molecule has 0 aromatic heterocycles. The summed E-state index contributed by atoms with van der Waals surface area (Å²) >= 11 is 0. The van der Waals surface area contributed by atoms with Gasteiger partial charge in [-0.2, -0.15) is 0 Å². The van der Waals surface area contributed by atoms with Crippen LogP contribution in [0.1, 0.15) is 72.1 Å². The number of carbonyl (C=O) groups excluding carboxylic acids is 1. The van der Waals surface area contributed by atoms with E-state index in [-0.39, 0.29) is 41.8 Å². The maximum Gasteiger partial charge on any atom is 0.331 e. The molecule has 5 N–H and O–H groups in total. The Morgan fingerprint density at radius 2 is 1.76 bits per heavy atom. The molecule has 14 atom stereocenters. The van der Waals surface area contributed by atoms with E-state index in [0.29, 0.717) is 18.8 Å². The Morgan fingerprint density at radius 3 is 2.47 bits per heavy atom. The topological polar surface area (TPSA) is 146 Å². The molecule has 5 fully saturated rings. The summed E-state index contributed by atoms with van der Waals surface area (Å²) in [5.41, 5.74) is -0.607. The fourth-order valence-corrected chi connectivity index (χ4v) is 9.91. The standard InChI is InChI=1S/C29H44O9/c1-14-23(32)24(33)25(34)26(37-14)38-17-6-8-27(2)16(11-17)4-5-19-22(27)20(30)12-28(3)18(7-9-29(19,28)35)15-10-21(31)36-13-15/h10,14,16-20,22-26,30,32-35H,4-9,11-13H2,1-3H3/t14-,16-,17-,18+,19+,20+,22+,23-,24+,25+,26-,27-,28+,29-/m0/s1. The highest BCUT2D eigenvalue weighted by atomic mass is 16.7. The molecule has 4 saturated carbocycles. The van der Waals surface area contributed by atoms with E-state index in [0.717, 1.165) is 44.1 Å². The molecule has 9 nitrogen and oxygen atoms in total. The fourth-order valence-electron chi connectivity index (χ4n) is 9.91. The van der Waals surface area contributed by atoms with Crippen molar-refractivity contribution in [1.29, 1.82) is 0 Å². The molecule has 6 rings (SSSR count). The molecule has 0 radical (unpaired) electrons. The summed E-state index contributed by atoms with van der Waals surface area (Å²) in [5.74, 6) is -0.0314. The second kappa shape index (κ2) is 9.23. The molecule has 0 amide bonds. The van der Waals surface area contributed by atoms with Gasteiger partial charge in [-0.1, -0.05) is 13.8 Å². The van der Waals surface area contributed by atoms with E-state index in [4.69, 9.17) is 14.2 Å². The molecule has 0 spiro atoms. The number of aliphatic hydroxyl groups is 5. The van der Waals surface area contributed by atoms with Crippen molar-refractivity contribution in [3.63, 3.8) is 0 Å². The molecule has 1 saturated heterocycles. The fraction of sp³-hybridized carbons (Fsp3) is 0.897. The molecule has 0 aromatic rings. The van der Waals surface area contributed by atoms with Gasteiger partial charge < -0.3 is 39.7 Å². The second-order valence-corrected chi connectivity index (χ2v) is 13.7. The Balaban J connectivity index is 1.19. The number of cyclic esters (lactones) is 1. The number of hydrogen-bond donors (Lipinski definition) is 5. The van der Waals surface area contributed by atoms with Gasteiger partial charge in [-0.3, -0.25) is 0 Å². The lowest BCUT2D eigenvalue weighted by molar-refractivity contribution is -0.311. The molecule has 9 heteroatoms. The largest absolute Gasteiger partial charge is 0.458 e. The SMILES string of the molecule is C[C@@H]1O[C@@H](O[C@H]2CC[C@@]3(C)[C@@H](CC[C@@H]4[C@@H]3[C@H](O)C[C@]3(C)[C@@H](C5=CC(=O)OC5)CC[C@]43O)C2)[C@H](O)[C@H](O)[C@H]1O. The van der Waals surface area contributed by atoms with Crippen molar-refractivity contribution >= 4 is 5.97 Å². The van der Waals surface area contributed by atoms with E-state index in [1.807, 2.05) is 0 Å². The first-order valence-corrected chi connectivity index (χ1v) is 14.5. The number of hydrogen-bond acceptors (Lipinski definition) is 9. The second-order valence-electron chi connectivity index (χ2n) is 13.7. The van der Waals surface area contributed by atoms with Crippen LogP contribution in [0.3, 0.4) is 0 Å². The molecule has 6 aliphatic rings. The zero-order valence-corrected chi connectivity index (χ0v) is 22.7. The van der Waals surface area contributed by atoms with E-state index < -0.39 is 47.8 Å². The first kappa shape index (κ1) is 27.1. The van der Waals surface area contributed by atoms with Gasteiger partial charge in [0, 0.05) is 11.5 Å². The van der Waals surface area contributed by atoms with Crippen LogP contribution in [0.15, 0.2) is 11.6 Å². The molecular weight excluding hydrogens is 492 g/mol. The predicted molar refractivity (Wildman–Crippen MR) is 134 cm³/mol. The summed E-state index contributed by atoms with van der Waals surface area (Å²) in [6.45, 7) is 6.32. The first-order chi connectivity index (χ1) is 17.9. The lowest BCUT2D eigenvalue weighted by atomic mass is 9.42. The van der Waals surface area contributed by atoms with Crippen LogP contribution >= 0.6 is 0 Å². The molecule has 0 aromatic carbocycles. The number of ether oxygens (including phenoxy) is 3. The number of rotatable bonds is 3. The Hall–Kier alpha value is -1.07. The average Bonchev–Trinajstić information content (AvgIpc) is 3.41. The Labute approximate surface area is 224 Å². The molecule has 0 unspecified atom stereocenters. The van der Waals surface area contributed by atoms with E-state index in [9.17, 15) is 30.3 Å². The number of esters is 1. The van der Waals surface area contributed by atoms with Crippen LogP contribution < -0.4 is 0 Å². The molecule has 214 valence electrons. The van der Waals surface area contributed by atoms with Crippen LogP contribution in [0, 0.1) is 34.5 Å². The van der Waals surface area contributed by atoms with Crippen LogP contribution in [0.4, 0.5) is 0 Å². The molecule has 2 aliphatic heterocycles. The van der Waals surface area contributed by atoms with Gasteiger partial charge in [0.2, 0.25) is 0 Å². The van der Waals surface area contributed by atoms with Crippen LogP contribution in [0.25, 0.3) is 0 Å². The van der Waals surface area contributed by atoms with Gasteiger partial charge in [0.25, 0.3) is 0 Å².